The fourth-order valence-electron chi connectivity index (χ4n) is 9.63. The molecule has 0 N–H and O–H groups in total. The zero-order valence-corrected chi connectivity index (χ0v) is 29.5. The van der Waals surface area contributed by atoms with E-state index in [9.17, 15) is 0 Å². The van der Waals surface area contributed by atoms with Gasteiger partial charge in [-0.1, -0.05) is 115 Å². The number of rotatable bonds is 4. The fourth-order valence-corrected chi connectivity index (χ4v) is 11.3. The van der Waals surface area contributed by atoms with Crippen molar-refractivity contribution in [2.75, 3.05) is 0 Å². The average molecular weight is 677 g/mol. The van der Waals surface area contributed by atoms with E-state index in [2.05, 4.69) is 173 Å². The predicted molar refractivity (Wildman–Crippen MR) is 220 cm³/mol. The Morgan fingerprint density at radius 1 is 0.627 bits per heavy atom. The summed E-state index contributed by atoms with van der Waals surface area (Å²) in [7, 11) is 0. The fraction of sp³-hybridized carbons (Fsp3) is 0.208. The number of benzene rings is 3. The number of aromatic nitrogens is 2. The summed E-state index contributed by atoms with van der Waals surface area (Å²) < 4.78 is 5.08. The van der Waals surface area contributed by atoms with Crippen molar-refractivity contribution < 1.29 is 0 Å². The van der Waals surface area contributed by atoms with E-state index in [1.54, 1.807) is 0 Å². The van der Waals surface area contributed by atoms with Gasteiger partial charge in [0.15, 0.2) is 0 Å². The van der Waals surface area contributed by atoms with Gasteiger partial charge in [0.25, 0.3) is 0 Å². The predicted octanol–water partition coefficient (Wildman–Crippen LogP) is 10.7. The van der Waals surface area contributed by atoms with Crippen LogP contribution in [0.3, 0.4) is 0 Å². The van der Waals surface area contributed by atoms with Crippen LogP contribution in [0.1, 0.15) is 49.1 Å². The molecule has 1 saturated heterocycles. The van der Waals surface area contributed by atoms with Gasteiger partial charge in [0.2, 0.25) is 0 Å². The van der Waals surface area contributed by atoms with E-state index in [0.717, 1.165) is 32.1 Å². The van der Waals surface area contributed by atoms with Gasteiger partial charge in [-0.05, 0) is 85.2 Å². The maximum atomic E-state index is 2.56. The van der Waals surface area contributed by atoms with Crippen LogP contribution in [0.15, 0.2) is 140 Å². The maximum absolute atomic E-state index is 2.56. The first kappa shape index (κ1) is 29.7. The smallest absolute Gasteiger partial charge is 0.0544 e. The van der Waals surface area contributed by atoms with Crippen molar-refractivity contribution in [2.45, 2.75) is 48.5 Å². The molecular weight excluding hydrogens is 637 g/mol. The first-order valence-corrected chi connectivity index (χ1v) is 19.8. The lowest BCUT2D eigenvalue weighted by Gasteiger charge is -2.22. The van der Waals surface area contributed by atoms with E-state index >= 15 is 0 Å². The van der Waals surface area contributed by atoms with Gasteiger partial charge >= 0.3 is 0 Å². The highest BCUT2D eigenvalue weighted by atomic mass is 32.2. The Labute approximate surface area is 303 Å². The summed E-state index contributed by atoms with van der Waals surface area (Å²) in [6.45, 7) is 0. The summed E-state index contributed by atoms with van der Waals surface area (Å²) in [6.07, 6.45) is 40.7. The van der Waals surface area contributed by atoms with Crippen LogP contribution >= 0.6 is 11.8 Å². The van der Waals surface area contributed by atoms with Crippen LogP contribution < -0.4 is 10.6 Å². The topological polar surface area (TPSA) is 9.86 Å². The summed E-state index contributed by atoms with van der Waals surface area (Å²) in [6, 6.07) is 23.5. The molecule has 5 atom stereocenters. The Bertz CT molecular complexity index is 2680. The van der Waals surface area contributed by atoms with Crippen molar-refractivity contribution in [3.05, 3.63) is 161 Å². The summed E-state index contributed by atoms with van der Waals surface area (Å²) in [4.78, 5) is 0. The van der Waals surface area contributed by atoms with Crippen molar-refractivity contribution in [3.8, 4) is 0 Å². The summed E-state index contributed by atoms with van der Waals surface area (Å²) >= 11 is 2.13. The van der Waals surface area contributed by atoms with E-state index in [0.29, 0.717) is 28.3 Å². The molecule has 0 spiro atoms. The molecule has 248 valence electrons. The van der Waals surface area contributed by atoms with Crippen molar-refractivity contribution in [2.24, 2.45) is 11.8 Å². The quantitative estimate of drug-likeness (QED) is 0.184. The molecule has 5 aliphatic carbocycles. The number of hydrogen-bond acceptors (Lipinski definition) is 1. The van der Waals surface area contributed by atoms with E-state index in [-0.39, 0.29) is 0 Å². The second-order valence-electron chi connectivity index (χ2n) is 14.9. The van der Waals surface area contributed by atoms with Crippen LogP contribution in [-0.2, 0) is 0 Å². The van der Waals surface area contributed by atoms with Crippen molar-refractivity contribution in [1.29, 1.82) is 0 Å². The number of hydrogen-bond donors (Lipinski definition) is 0. The molecule has 0 radical (unpaired) electrons. The molecule has 11 rings (SSSR count). The van der Waals surface area contributed by atoms with Crippen LogP contribution in [0.25, 0.3) is 61.8 Å². The third-order valence-corrected chi connectivity index (χ3v) is 13.6. The Hall–Kier alpha value is -4.99. The number of thioether (sulfide) groups is 1. The van der Waals surface area contributed by atoms with Crippen LogP contribution in [-0.4, -0.2) is 19.6 Å². The molecule has 2 aromatic heterocycles. The van der Waals surface area contributed by atoms with Gasteiger partial charge in [-0.15, -0.1) is 11.8 Å². The lowest BCUT2D eigenvalue weighted by molar-refractivity contribution is 0.528. The molecule has 3 aromatic carbocycles. The van der Waals surface area contributed by atoms with Crippen LogP contribution in [0.4, 0.5) is 0 Å². The van der Waals surface area contributed by atoms with Gasteiger partial charge in [0.05, 0.1) is 16.6 Å². The number of nitrogens with zero attached hydrogens (tertiary/aromatic N) is 2. The van der Waals surface area contributed by atoms with E-state index < -0.39 is 0 Å². The molecule has 2 nitrogen and oxygen atoms in total. The van der Waals surface area contributed by atoms with Gasteiger partial charge in [0.1, 0.15) is 0 Å². The molecule has 51 heavy (non-hydrogen) atoms. The van der Waals surface area contributed by atoms with Crippen LogP contribution in [0, 0.1) is 11.8 Å². The minimum Gasteiger partial charge on any atom is -0.313 e. The molecule has 0 bridgehead atoms. The molecule has 1 aliphatic heterocycles. The Morgan fingerprint density at radius 2 is 1.43 bits per heavy atom. The second-order valence-corrected chi connectivity index (χ2v) is 16.3. The third-order valence-electron chi connectivity index (χ3n) is 12.1. The molecule has 0 amide bonds. The van der Waals surface area contributed by atoms with Gasteiger partial charge < -0.3 is 9.13 Å². The van der Waals surface area contributed by atoms with Gasteiger partial charge in [0, 0.05) is 66.4 Å². The van der Waals surface area contributed by atoms with E-state index in [1.165, 1.54) is 71.4 Å². The van der Waals surface area contributed by atoms with Gasteiger partial charge in [-0.2, -0.15) is 0 Å². The maximum Gasteiger partial charge on any atom is 0.0544 e. The zero-order chi connectivity index (χ0) is 33.5. The molecule has 5 unspecified atom stereocenters. The molecule has 3 heteroatoms. The zero-order valence-electron chi connectivity index (χ0n) is 28.7. The van der Waals surface area contributed by atoms with Gasteiger partial charge in [-0.25, -0.2) is 0 Å². The van der Waals surface area contributed by atoms with E-state index in [4.69, 9.17) is 0 Å². The van der Waals surface area contributed by atoms with Crippen LogP contribution in [0.5, 0.6) is 0 Å². The standard InChI is InChI=1S/C48H40N2S/c1-3-11-35(12-4-1)49-43-17-9-7-15-37(43)41-27-31(21-25-44(41)49)32-22-26-45-42(28-32)38-23-19-33(29-46(38)50(45)36-13-5-2-6-14-36)34-20-24-40-39-16-8-10-18-47(39)51-48(40)30-34/h1-3,5,7-11,13,15-20,22-31,39-40,47-48H,4,6,12,14,21H2. The van der Waals surface area contributed by atoms with Crippen molar-refractivity contribution >= 4 is 73.6 Å². The normalized spacial score (nSPS) is 26.0. The minimum absolute atomic E-state index is 0.332. The highest BCUT2D eigenvalue weighted by Gasteiger charge is 2.41. The third kappa shape index (κ3) is 4.71. The highest BCUT2D eigenvalue weighted by Crippen LogP contribution is 2.50. The Kier molecular flexibility index (Phi) is 6.87. The Morgan fingerprint density at radius 3 is 2.29 bits per heavy atom. The molecule has 0 saturated carbocycles. The first-order chi connectivity index (χ1) is 25.3. The average Bonchev–Trinajstić information content (AvgIpc) is 3.85. The molecule has 1 fully saturated rings. The van der Waals surface area contributed by atoms with Gasteiger partial charge in [-0.3, -0.25) is 0 Å². The van der Waals surface area contributed by atoms with Crippen molar-refractivity contribution in [1.82, 2.24) is 9.13 Å². The minimum atomic E-state index is 0.332. The number of fused-ring (bicyclic) bond motifs is 9. The first-order valence-electron chi connectivity index (χ1n) is 18.8. The largest absolute Gasteiger partial charge is 0.313 e. The van der Waals surface area contributed by atoms with E-state index in [1.807, 2.05) is 0 Å². The second kappa shape index (κ2) is 11.8. The molecular formula is C48H40N2S. The molecule has 5 aromatic rings. The number of para-hydroxylation sites is 1. The lowest BCUT2D eigenvalue weighted by Crippen LogP contribution is -2.32. The van der Waals surface area contributed by atoms with Crippen LogP contribution in [0.2, 0.25) is 0 Å². The summed E-state index contributed by atoms with van der Waals surface area (Å²) in [5.41, 5.74) is 10.8. The highest BCUT2D eigenvalue weighted by molar-refractivity contribution is 8.01. The monoisotopic (exact) mass is 676 g/mol. The summed E-state index contributed by atoms with van der Waals surface area (Å²) in [5, 5.41) is 7.90. The number of allylic oxidation sites excluding steroid dienone is 14. The Balaban J connectivity index is 1.03. The molecule has 6 aliphatic rings. The summed E-state index contributed by atoms with van der Waals surface area (Å²) in [5.74, 6) is 1.53. The molecule has 3 heterocycles. The lowest BCUT2D eigenvalue weighted by atomic mass is 9.81. The van der Waals surface area contributed by atoms with Crippen molar-refractivity contribution in [3.63, 3.8) is 0 Å². The SMILES string of the molecule is C1=CCCC(n2c3c(c4ccccc42)=CC(c2ccc4c(c2)c2ccc(C5=CC6SC7C=CC=CC7C6C=C5)cc2n4C2=CC=CCC2)CC=3)=C1.